The molecule has 3 rings (SSSR count). The maximum atomic E-state index is 10.0. The van der Waals surface area contributed by atoms with Gasteiger partial charge in [-0.2, -0.15) is 0 Å². The van der Waals surface area contributed by atoms with E-state index in [9.17, 15) is 5.11 Å². The molecule has 4 nitrogen and oxygen atoms in total. The molecule has 6 heteroatoms. The molecule has 108 valence electrons. The number of nitrogen functional groups attached to an aromatic ring is 1. The Hall–Kier alpha value is -1.75. The first-order valence-electron chi connectivity index (χ1n) is 6.39. The minimum Gasteiger partial charge on any atom is -0.399 e. The molecule has 1 aromatic heterocycles. The number of halogens is 2. The first-order valence-corrected chi connectivity index (χ1v) is 7.15. The van der Waals surface area contributed by atoms with Gasteiger partial charge in [0.05, 0.1) is 26.8 Å². The van der Waals surface area contributed by atoms with Gasteiger partial charge in [0.15, 0.2) is 0 Å². The number of rotatable bonds is 2. The Kier molecular flexibility index (Phi) is 3.53. The number of aliphatic hydroxyl groups excluding tert-OH is 1. The van der Waals surface area contributed by atoms with E-state index < -0.39 is 6.10 Å². The highest BCUT2D eigenvalue weighted by Crippen LogP contribution is 2.33. The van der Waals surface area contributed by atoms with Crippen molar-refractivity contribution in [2.75, 3.05) is 5.73 Å². The number of imidazole rings is 1. The largest absolute Gasteiger partial charge is 0.399 e. The molecule has 21 heavy (non-hydrogen) atoms. The number of benzene rings is 2. The van der Waals surface area contributed by atoms with E-state index >= 15 is 0 Å². The van der Waals surface area contributed by atoms with Gasteiger partial charge in [0, 0.05) is 5.69 Å². The molecule has 0 radical (unpaired) electrons. The lowest BCUT2D eigenvalue weighted by Gasteiger charge is -2.13. The SMILES string of the molecule is CC(O)c1nc2cc(N)ccc2n1-c1cccc(Cl)c1Cl. The molecule has 0 aliphatic rings. The van der Waals surface area contributed by atoms with Gasteiger partial charge >= 0.3 is 0 Å². The van der Waals surface area contributed by atoms with Crippen LogP contribution in [0.3, 0.4) is 0 Å². The van der Waals surface area contributed by atoms with Crippen LogP contribution >= 0.6 is 23.2 Å². The van der Waals surface area contributed by atoms with E-state index in [0.717, 1.165) is 5.52 Å². The van der Waals surface area contributed by atoms with E-state index in [2.05, 4.69) is 4.98 Å². The predicted octanol–water partition coefficient (Wildman–Crippen LogP) is 3.97. The zero-order valence-corrected chi connectivity index (χ0v) is 12.7. The summed E-state index contributed by atoms with van der Waals surface area (Å²) in [6.45, 7) is 1.65. The van der Waals surface area contributed by atoms with Gasteiger partial charge < -0.3 is 10.8 Å². The molecule has 0 saturated carbocycles. The second-order valence-electron chi connectivity index (χ2n) is 4.80. The van der Waals surface area contributed by atoms with Crippen LogP contribution in [-0.4, -0.2) is 14.7 Å². The molecule has 2 aromatic carbocycles. The van der Waals surface area contributed by atoms with Crippen LogP contribution in [0.1, 0.15) is 18.9 Å². The normalized spacial score (nSPS) is 12.8. The third-order valence-electron chi connectivity index (χ3n) is 3.25. The quantitative estimate of drug-likeness (QED) is 0.702. The van der Waals surface area contributed by atoms with Crippen molar-refractivity contribution in [1.29, 1.82) is 0 Å². The van der Waals surface area contributed by atoms with Crippen LogP contribution in [0.15, 0.2) is 36.4 Å². The molecule has 0 bridgehead atoms. The van der Waals surface area contributed by atoms with E-state index in [1.54, 1.807) is 35.8 Å². The lowest BCUT2D eigenvalue weighted by molar-refractivity contribution is 0.187. The minimum atomic E-state index is -0.756. The van der Waals surface area contributed by atoms with Crippen molar-refractivity contribution in [3.05, 3.63) is 52.3 Å². The zero-order valence-electron chi connectivity index (χ0n) is 11.2. The van der Waals surface area contributed by atoms with Gasteiger partial charge in [-0.05, 0) is 37.3 Å². The lowest BCUT2D eigenvalue weighted by Crippen LogP contribution is -2.05. The average Bonchev–Trinajstić information content (AvgIpc) is 2.80. The van der Waals surface area contributed by atoms with Gasteiger partial charge in [-0.3, -0.25) is 4.57 Å². The van der Waals surface area contributed by atoms with Crippen molar-refractivity contribution in [3.63, 3.8) is 0 Å². The van der Waals surface area contributed by atoms with Gasteiger partial charge in [-0.1, -0.05) is 29.3 Å². The highest BCUT2D eigenvalue weighted by Gasteiger charge is 2.18. The molecule has 0 aliphatic carbocycles. The van der Waals surface area contributed by atoms with E-state index in [1.165, 1.54) is 0 Å². The second-order valence-corrected chi connectivity index (χ2v) is 5.59. The maximum Gasteiger partial charge on any atom is 0.143 e. The van der Waals surface area contributed by atoms with Crippen LogP contribution in [0.4, 0.5) is 5.69 Å². The predicted molar refractivity (Wildman–Crippen MR) is 86.1 cm³/mol. The summed E-state index contributed by atoms with van der Waals surface area (Å²) in [6, 6.07) is 10.7. The summed E-state index contributed by atoms with van der Waals surface area (Å²) in [7, 11) is 0. The number of fused-ring (bicyclic) bond motifs is 1. The fourth-order valence-electron chi connectivity index (χ4n) is 2.31. The number of hydrogen-bond acceptors (Lipinski definition) is 3. The van der Waals surface area contributed by atoms with Gasteiger partial charge in [0.25, 0.3) is 0 Å². The lowest BCUT2D eigenvalue weighted by atomic mass is 10.2. The second kappa shape index (κ2) is 5.22. The first-order chi connectivity index (χ1) is 9.99. The molecule has 1 atom stereocenters. The zero-order chi connectivity index (χ0) is 15.1. The van der Waals surface area contributed by atoms with Crippen LogP contribution in [-0.2, 0) is 0 Å². The Balaban J connectivity index is 2.39. The van der Waals surface area contributed by atoms with Crippen LogP contribution < -0.4 is 5.73 Å². The summed E-state index contributed by atoms with van der Waals surface area (Å²) in [5.41, 5.74) is 8.58. The Labute approximate surface area is 131 Å². The van der Waals surface area contributed by atoms with E-state index in [4.69, 9.17) is 28.9 Å². The van der Waals surface area contributed by atoms with Crippen LogP contribution in [0.5, 0.6) is 0 Å². The summed E-state index contributed by atoms with van der Waals surface area (Å²) in [4.78, 5) is 4.45. The Morgan fingerprint density at radius 3 is 2.71 bits per heavy atom. The fraction of sp³-hybridized carbons (Fsp3) is 0.133. The molecule has 3 N–H and O–H groups in total. The Morgan fingerprint density at radius 2 is 2.00 bits per heavy atom. The van der Waals surface area contributed by atoms with E-state index in [1.807, 2.05) is 12.1 Å². The average molecular weight is 322 g/mol. The van der Waals surface area contributed by atoms with Crippen molar-refractivity contribution >= 4 is 39.9 Å². The van der Waals surface area contributed by atoms with Crippen molar-refractivity contribution < 1.29 is 5.11 Å². The number of nitrogens with two attached hydrogens (primary N) is 1. The molecule has 0 fully saturated rings. The summed E-state index contributed by atoms with van der Waals surface area (Å²) in [5.74, 6) is 0.486. The number of anilines is 1. The molecule has 0 aliphatic heterocycles. The molecular weight excluding hydrogens is 309 g/mol. The first kappa shape index (κ1) is 14.2. The van der Waals surface area contributed by atoms with Gasteiger partial charge in [-0.25, -0.2) is 4.98 Å². The van der Waals surface area contributed by atoms with Crippen LogP contribution in [0, 0.1) is 0 Å². The van der Waals surface area contributed by atoms with E-state index in [0.29, 0.717) is 32.8 Å². The van der Waals surface area contributed by atoms with Crippen molar-refractivity contribution in [3.8, 4) is 5.69 Å². The van der Waals surface area contributed by atoms with E-state index in [-0.39, 0.29) is 0 Å². The van der Waals surface area contributed by atoms with Crippen molar-refractivity contribution in [2.45, 2.75) is 13.0 Å². The number of hydrogen-bond donors (Lipinski definition) is 2. The molecule has 0 amide bonds. The van der Waals surface area contributed by atoms with Gasteiger partial charge in [0.1, 0.15) is 11.9 Å². The summed E-state index contributed by atoms with van der Waals surface area (Å²) < 4.78 is 1.80. The molecule has 1 unspecified atom stereocenters. The molecule has 0 spiro atoms. The van der Waals surface area contributed by atoms with Crippen molar-refractivity contribution in [2.24, 2.45) is 0 Å². The molecule has 3 aromatic rings. The van der Waals surface area contributed by atoms with Gasteiger partial charge in [-0.15, -0.1) is 0 Å². The highest BCUT2D eigenvalue weighted by molar-refractivity contribution is 6.43. The standard InChI is InChI=1S/C15H13Cl2N3O/c1-8(21)15-19-11-7-9(18)5-6-12(11)20(15)13-4-2-3-10(16)14(13)17/h2-8,21H,18H2,1H3. The summed E-state index contributed by atoms with van der Waals surface area (Å²) in [5, 5.41) is 10.9. The topological polar surface area (TPSA) is 64.1 Å². The smallest absolute Gasteiger partial charge is 0.143 e. The third kappa shape index (κ3) is 2.35. The number of aliphatic hydroxyl groups is 1. The molecule has 0 saturated heterocycles. The molecular formula is C15H13Cl2N3O. The summed E-state index contributed by atoms with van der Waals surface area (Å²) >= 11 is 12.4. The Morgan fingerprint density at radius 1 is 1.24 bits per heavy atom. The molecule has 1 heterocycles. The van der Waals surface area contributed by atoms with Crippen LogP contribution in [0.2, 0.25) is 10.0 Å². The highest BCUT2D eigenvalue weighted by atomic mass is 35.5. The monoisotopic (exact) mass is 321 g/mol. The number of aromatic nitrogens is 2. The number of nitrogens with zero attached hydrogens (tertiary/aromatic N) is 2. The minimum absolute atomic E-state index is 0.414. The fourth-order valence-corrected chi connectivity index (χ4v) is 2.69. The summed E-state index contributed by atoms with van der Waals surface area (Å²) in [6.07, 6.45) is -0.756. The van der Waals surface area contributed by atoms with Gasteiger partial charge in [0.2, 0.25) is 0 Å². The van der Waals surface area contributed by atoms with Crippen molar-refractivity contribution in [1.82, 2.24) is 9.55 Å². The Bertz CT molecular complexity index is 827. The van der Waals surface area contributed by atoms with Crippen LogP contribution in [0.25, 0.3) is 16.7 Å². The maximum absolute atomic E-state index is 10.0. The third-order valence-corrected chi connectivity index (χ3v) is 4.06.